The molecule has 0 bridgehead atoms. The van der Waals surface area contributed by atoms with Crippen molar-refractivity contribution in [1.29, 1.82) is 0 Å². The van der Waals surface area contributed by atoms with Gasteiger partial charge in [0.25, 0.3) is 10.0 Å². The lowest BCUT2D eigenvalue weighted by Crippen LogP contribution is -2.51. The number of benzene rings is 3. The summed E-state index contributed by atoms with van der Waals surface area (Å²) in [4.78, 5) is 28.2. The Kier molecular flexibility index (Phi) is 11.7. The number of rotatable bonds is 13. The lowest BCUT2D eigenvalue weighted by Gasteiger charge is -2.32. The Labute approximate surface area is 256 Å². The molecule has 3 aromatic rings. The number of halogens is 3. The van der Waals surface area contributed by atoms with Gasteiger partial charge < -0.3 is 15.0 Å². The minimum atomic E-state index is -4.24. The first kappa shape index (κ1) is 32.5. The Morgan fingerprint density at radius 1 is 0.927 bits per heavy atom. The zero-order valence-electron chi connectivity index (χ0n) is 22.9. The van der Waals surface area contributed by atoms with Crippen LogP contribution in [0.15, 0.2) is 71.6 Å². The lowest BCUT2D eigenvalue weighted by atomic mass is 10.1. The number of nitrogens with one attached hydrogen (secondary N) is 1. The second kappa shape index (κ2) is 14.8. The maximum Gasteiger partial charge on any atom is 0.264 e. The van der Waals surface area contributed by atoms with Gasteiger partial charge in [-0.2, -0.15) is 0 Å². The smallest absolute Gasteiger partial charge is 0.264 e. The summed E-state index contributed by atoms with van der Waals surface area (Å²) in [6.07, 6.45) is 0.702. The van der Waals surface area contributed by atoms with Crippen LogP contribution in [0.4, 0.5) is 5.69 Å². The van der Waals surface area contributed by atoms with Crippen LogP contribution in [0, 0.1) is 0 Å². The predicted molar refractivity (Wildman–Crippen MR) is 163 cm³/mol. The van der Waals surface area contributed by atoms with Gasteiger partial charge in [0, 0.05) is 33.7 Å². The zero-order valence-corrected chi connectivity index (χ0v) is 26.0. The van der Waals surface area contributed by atoms with E-state index in [9.17, 15) is 18.0 Å². The molecule has 3 aromatic carbocycles. The summed E-state index contributed by atoms with van der Waals surface area (Å²) in [5, 5.41) is 3.78. The third-order valence-electron chi connectivity index (χ3n) is 6.22. The molecule has 41 heavy (non-hydrogen) atoms. The van der Waals surface area contributed by atoms with Crippen LogP contribution in [0.5, 0.6) is 5.75 Å². The molecule has 2 amide bonds. The van der Waals surface area contributed by atoms with Gasteiger partial charge in [-0.15, -0.1) is 0 Å². The maximum atomic E-state index is 14.0. The van der Waals surface area contributed by atoms with Gasteiger partial charge in [0.05, 0.1) is 17.2 Å². The number of ether oxygens (including phenoxy) is 1. The molecule has 0 heterocycles. The average molecular weight is 641 g/mol. The van der Waals surface area contributed by atoms with Crippen molar-refractivity contribution >= 4 is 62.3 Å². The normalized spacial score (nSPS) is 12.0. The first-order valence-corrected chi connectivity index (χ1v) is 15.6. The molecule has 1 atom stereocenters. The molecule has 0 aromatic heterocycles. The number of anilines is 1. The minimum Gasteiger partial charge on any atom is -0.494 e. The topological polar surface area (TPSA) is 96.0 Å². The van der Waals surface area contributed by atoms with E-state index in [0.717, 1.165) is 4.31 Å². The highest BCUT2D eigenvalue weighted by Crippen LogP contribution is 2.29. The van der Waals surface area contributed by atoms with Crippen LogP contribution in [-0.2, 0) is 26.2 Å². The molecule has 0 saturated carbocycles. The van der Waals surface area contributed by atoms with Crippen molar-refractivity contribution in [2.45, 2.75) is 44.7 Å². The molecule has 3 rings (SSSR count). The molecule has 12 heteroatoms. The van der Waals surface area contributed by atoms with E-state index in [1.54, 1.807) is 49.4 Å². The second-order valence-corrected chi connectivity index (χ2v) is 12.2. The van der Waals surface area contributed by atoms with Gasteiger partial charge in [-0.1, -0.05) is 47.8 Å². The first-order chi connectivity index (χ1) is 19.5. The van der Waals surface area contributed by atoms with Gasteiger partial charge in [0.2, 0.25) is 11.8 Å². The highest BCUT2D eigenvalue weighted by Gasteiger charge is 2.33. The number of nitrogens with zero attached hydrogens (tertiary/aromatic N) is 2. The summed E-state index contributed by atoms with van der Waals surface area (Å²) in [6, 6.07) is 16.0. The molecule has 0 aliphatic carbocycles. The molecular formula is C29H32Cl3N3O5S. The number of sulfonamides is 1. The van der Waals surface area contributed by atoms with Gasteiger partial charge in [-0.25, -0.2) is 8.42 Å². The molecular weight excluding hydrogens is 609 g/mol. The molecule has 0 radical (unpaired) electrons. The Hall–Kier alpha value is -2.98. The van der Waals surface area contributed by atoms with Crippen LogP contribution >= 0.6 is 34.8 Å². The summed E-state index contributed by atoms with van der Waals surface area (Å²) in [5.41, 5.74) is 0.670. The molecule has 0 fully saturated rings. The quantitative estimate of drug-likeness (QED) is 0.241. The number of amides is 2. The molecule has 0 aliphatic rings. The molecule has 220 valence electrons. The van der Waals surface area contributed by atoms with Gasteiger partial charge in [0.1, 0.15) is 18.3 Å². The number of hydrogen-bond donors (Lipinski definition) is 1. The van der Waals surface area contributed by atoms with Crippen LogP contribution in [0.3, 0.4) is 0 Å². The Bertz CT molecular complexity index is 1430. The SMILES string of the molecule is CCCNC(=O)C(C)N(Cc1c(Cl)cccc1Cl)C(=O)CN(c1ccc(OCC)cc1)S(=O)(=O)c1ccc(Cl)cc1. The monoisotopic (exact) mass is 639 g/mol. The van der Waals surface area contributed by atoms with Crippen molar-refractivity contribution in [2.24, 2.45) is 0 Å². The van der Waals surface area contributed by atoms with Gasteiger partial charge in [-0.3, -0.25) is 13.9 Å². The number of hydrogen-bond acceptors (Lipinski definition) is 5. The van der Waals surface area contributed by atoms with E-state index in [-0.39, 0.29) is 17.1 Å². The Morgan fingerprint density at radius 3 is 2.10 bits per heavy atom. The molecule has 0 aliphatic heterocycles. The van der Waals surface area contributed by atoms with E-state index in [1.807, 2.05) is 13.8 Å². The molecule has 1 unspecified atom stereocenters. The third-order valence-corrected chi connectivity index (χ3v) is 8.97. The standard InChI is InChI=1S/C29H32Cl3N3O5S/c1-4-17-33-29(37)20(3)34(18-25-26(31)7-6-8-27(25)32)28(36)19-35(22-11-13-23(14-12-22)40-5-2)41(38,39)24-15-9-21(30)10-16-24/h6-16,20H,4-5,17-19H2,1-3H3,(H,33,37). The highest BCUT2D eigenvalue weighted by molar-refractivity contribution is 7.92. The first-order valence-electron chi connectivity index (χ1n) is 13.0. The fourth-order valence-corrected chi connectivity index (χ4v) is 6.03. The molecule has 8 nitrogen and oxygen atoms in total. The summed E-state index contributed by atoms with van der Waals surface area (Å²) in [7, 11) is -4.24. The van der Waals surface area contributed by atoms with E-state index >= 15 is 0 Å². The summed E-state index contributed by atoms with van der Waals surface area (Å²) in [5.74, 6) is -0.481. The zero-order chi connectivity index (χ0) is 30.2. The van der Waals surface area contributed by atoms with Crippen LogP contribution in [0.2, 0.25) is 15.1 Å². The van der Waals surface area contributed by atoms with Crippen LogP contribution in [0.25, 0.3) is 0 Å². The van der Waals surface area contributed by atoms with Crippen LogP contribution < -0.4 is 14.4 Å². The third kappa shape index (κ3) is 8.29. The predicted octanol–water partition coefficient (Wildman–Crippen LogP) is 6.18. The number of carbonyl (C=O) groups excluding carboxylic acids is 2. The largest absolute Gasteiger partial charge is 0.494 e. The average Bonchev–Trinajstić information content (AvgIpc) is 2.95. The van der Waals surface area contributed by atoms with Gasteiger partial charge >= 0.3 is 0 Å². The van der Waals surface area contributed by atoms with Gasteiger partial charge in [0.15, 0.2) is 0 Å². The summed E-state index contributed by atoms with van der Waals surface area (Å²) in [6.45, 7) is 5.45. The van der Waals surface area contributed by atoms with E-state index in [2.05, 4.69) is 5.32 Å². The van der Waals surface area contributed by atoms with Crippen molar-refractivity contribution in [3.05, 3.63) is 87.4 Å². The van der Waals surface area contributed by atoms with Crippen LogP contribution in [0.1, 0.15) is 32.8 Å². The van der Waals surface area contributed by atoms with Crippen molar-refractivity contribution in [3.8, 4) is 5.75 Å². The molecule has 1 N–H and O–H groups in total. The molecule has 0 saturated heterocycles. The highest BCUT2D eigenvalue weighted by atomic mass is 35.5. The Balaban J connectivity index is 2.06. The van der Waals surface area contributed by atoms with Crippen molar-refractivity contribution in [3.63, 3.8) is 0 Å². The van der Waals surface area contributed by atoms with Gasteiger partial charge in [-0.05, 0) is 80.9 Å². The molecule has 0 spiro atoms. The van der Waals surface area contributed by atoms with E-state index < -0.39 is 34.4 Å². The maximum absolute atomic E-state index is 14.0. The van der Waals surface area contributed by atoms with Crippen molar-refractivity contribution in [2.75, 3.05) is 24.0 Å². The second-order valence-electron chi connectivity index (χ2n) is 9.08. The van der Waals surface area contributed by atoms with Crippen molar-refractivity contribution < 1.29 is 22.7 Å². The van der Waals surface area contributed by atoms with Crippen molar-refractivity contribution in [1.82, 2.24) is 10.2 Å². The van der Waals surface area contributed by atoms with Crippen LogP contribution in [-0.4, -0.2) is 50.9 Å². The minimum absolute atomic E-state index is 0.0574. The van der Waals surface area contributed by atoms with E-state index in [0.29, 0.717) is 46.0 Å². The summed E-state index contributed by atoms with van der Waals surface area (Å²) >= 11 is 18.8. The Morgan fingerprint density at radius 2 is 1.54 bits per heavy atom. The van der Waals surface area contributed by atoms with E-state index in [4.69, 9.17) is 39.5 Å². The fourth-order valence-electron chi connectivity index (χ4n) is 3.97. The summed E-state index contributed by atoms with van der Waals surface area (Å²) < 4.78 is 34.3. The van der Waals surface area contributed by atoms with E-state index in [1.165, 1.54) is 29.2 Å². The number of carbonyl (C=O) groups is 2. The fraction of sp³-hybridized carbons (Fsp3) is 0.310. The lowest BCUT2D eigenvalue weighted by molar-refractivity contribution is -0.139.